The van der Waals surface area contributed by atoms with Crippen LogP contribution in [0.15, 0.2) is 36.7 Å². The second-order valence-electron chi connectivity index (χ2n) is 7.02. The average Bonchev–Trinajstić information content (AvgIpc) is 3.28. The summed E-state index contributed by atoms with van der Waals surface area (Å²) in [7, 11) is 1.61. The first-order valence-corrected chi connectivity index (χ1v) is 9.46. The molecular weight excluding hydrogens is 378 g/mol. The molecule has 28 heavy (non-hydrogen) atoms. The number of hydrogen-bond acceptors (Lipinski definition) is 4. The summed E-state index contributed by atoms with van der Waals surface area (Å²) in [6, 6.07) is 7.51. The van der Waals surface area contributed by atoms with Crippen molar-refractivity contribution in [3.63, 3.8) is 0 Å². The number of nitrogens with zero attached hydrogens (tertiary/aromatic N) is 3. The number of primary amides is 1. The Morgan fingerprint density at radius 3 is 2.96 bits per heavy atom. The molecule has 146 valence electrons. The number of rotatable bonds is 4. The van der Waals surface area contributed by atoms with Gasteiger partial charge in [0.25, 0.3) is 0 Å². The molecule has 3 heterocycles. The van der Waals surface area contributed by atoms with Gasteiger partial charge < -0.3 is 25.1 Å². The highest BCUT2D eigenvalue weighted by Gasteiger charge is 2.24. The number of pyridine rings is 1. The number of ether oxygens (including phenoxy) is 1. The molecule has 4 rings (SSSR count). The second-order valence-corrected chi connectivity index (χ2v) is 7.43. The third-order valence-corrected chi connectivity index (χ3v) is 5.41. The smallest absolute Gasteiger partial charge is 0.312 e. The lowest BCUT2D eigenvalue weighted by atomic mass is 10.1. The summed E-state index contributed by atoms with van der Waals surface area (Å²) in [6.07, 6.45) is 4.86. The molecule has 8 heteroatoms. The predicted molar refractivity (Wildman–Crippen MR) is 110 cm³/mol. The van der Waals surface area contributed by atoms with Crippen molar-refractivity contribution < 1.29 is 9.53 Å². The van der Waals surface area contributed by atoms with Crippen LogP contribution in [0.4, 0.5) is 10.5 Å². The number of imidazole rings is 1. The fourth-order valence-electron chi connectivity index (χ4n) is 3.70. The Kier molecular flexibility index (Phi) is 4.77. The predicted octanol–water partition coefficient (Wildman–Crippen LogP) is 3.22. The highest BCUT2D eigenvalue weighted by molar-refractivity contribution is 6.32. The van der Waals surface area contributed by atoms with Gasteiger partial charge in [0.2, 0.25) is 0 Å². The molecule has 7 nitrogen and oxygen atoms in total. The molecule has 0 aliphatic carbocycles. The average molecular weight is 400 g/mol. The number of anilines is 1. The summed E-state index contributed by atoms with van der Waals surface area (Å²) in [4.78, 5) is 18.1. The number of amides is 2. The molecule has 0 spiro atoms. The van der Waals surface area contributed by atoms with Crippen molar-refractivity contribution in [2.24, 2.45) is 5.73 Å². The van der Waals surface area contributed by atoms with E-state index in [0.29, 0.717) is 10.8 Å². The first-order chi connectivity index (χ1) is 13.4. The van der Waals surface area contributed by atoms with Crippen LogP contribution in [0.3, 0.4) is 0 Å². The summed E-state index contributed by atoms with van der Waals surface area (Å²) in [5.41, 5.74) is 10.0. The van der Waals surface area contributed by atoms with Crippen LogP contribution >= 0.6 is 11.6 Å². The highest BCUT2D eigenvalue weighted by Crippen LogP contribution is 2.33. The number of aromatic nitrogens is 2. The van der Waals surface area contributed by atoms with E-state index >= 15 is 0 Å². The Hall–Kier alpha value is -2.93. The van der Waals surface area contributed by atoms with E-state index < -0.39 is 6.03 Å². The Bertz CT molecular complexity index is 1050. The number of carbonyl (C=O) groups excluding carboxylic acids is 1. The monoisotopic (exact) mass is 399 g/mol. The standard InChI is InChI=1S/C20H22ClN5O2/c1-12-7-18(28-2)16(21)9-15(12)17-11-26-6-4-14(8-19(26)24-17)25-5-3-13(10-25)23-20(22)27/h4,6-9,11,13H,3,5,10H2,1-2H3,(H3,22,23,27). The van der Waals surface area contributed by atoms with Crippen molar-refractivity contribution in [3.05, 3.63) is 47.2 Å². The van der Waals surface area contributed by atoms with Gasteiger partial charge in [-0.1, -0.05) is 11.6 Å². The van der Waals surface area contributed by atoms with Gasteiger partial charge in [-0.2, -0.15) is 0 Å². The molecule has 0 saturated carbocycles. The first-order valence-electron chi connectivity index (χ1n) is 9.09. The first kappa shape index (κ1) is 18.4. The molecule has 0 radical (unpaired) electrons. The molecule has 1 aliphatic heterocycles. The van der Waals surface area contributed by atoms with Crippen molar-refractivity contribution in [1.82, 2.24) is 14.7 Å². The fraction of sp³-hybridized carbons (Fsp3) is 0.300. The number of nitrogens with two attached hydrogens (primary N) is 1. The molecule has 2 aromatic heterocycles. The van der Waals surface area contributed by atoms with Crippen LogP contribution in [-0.2, 0) is 0 Å². The van der Waals surface area contributed by atoms with Crippen LogP contribution in [0.1, 0.15) is 12.0 Å². The number of halogens is 1. The number of carbonyl (C=O) groups is 1. The van der Waals surface area contributed by atoms with Crippen molar-refractivity contribution in [2.45, 2.75) is 19.4 Å². The molecule has 0 bridgehead atoms. The Labute approximate surface area is 168 Å². The van der Waals surface area contributed by atoms with E-state index in [1.54, 1.807) is 7.11 Å². The summed E-state index contributed by atoms with van der Waals surface area (Å²) in [6.45, 7) is 3.61. The lowest BCUT2D eigenvalue weighted by Gasteiger charge is -2.18. The Balaban J connectivity index is 1.63. The quantitative estimate of drug-likeness (QED) is 0.705. The van der Waals surface area contributed by atoms with Crippen LogP contribution in [0, 0.1) is 6.92 Å². The van der Waals surface area contributed by atoms with E-state index in [1.165, 1.54) is 0 Å². The minimum atomic E-state index is -0.478. The molecule has 1 fully saturated rings. The maximum Gasteiger partial charge on any atom is 0.312 e. The SMILES string of the molecule is COc1cc(C)c(-c2cn3ccc(N4CCC(NC(N)=O)C4)cc3n2)cc1Cl. The maximum atomic E-state index is 11.1. The fourth-order valence-corrected chi connectivity index (χ4v) is 3.94. The van der Waals surface area contributed by atoms with E-state index in [4.69, 9.17) is 27.1 Å². The number of nitrogens with one attached hydrogen (secondary N) is 1. The number of methoxy groups -OCH3 is 1. The summed E-state index contributed by atoms with van der Waals surface area (Å²) >= 11 is 6.31. The summed E-state index contributed by atoms with van der Waals surface area (Å²) < 4.78 is 7.28. The van der Waals surface area contributed by atoms with Gasteiger partial charge in [-0.3, -0.25) is 0 Å². The van der Waals surface area contributed by atoms with E-state index in [-0.39, 0.29) is 6.04 Å². The minimum Gasteiger partial charge on any atom is -0.495 e. The van der Waals surface area contributed by atoms with Gasteiger partial charge >= 0.3 is 6.03 Å². The van der Waals surface area contributed by atoms with Crippen LogP contribution in [0.2, 0.25) is 5.02 Å². The van der Waals surface area contributed by atoms with E-state index in [2.05, 4.69) is 22.3 Å². The Morgan fingerprint density at radius 2 is 2.21 bits per heavy atom. The lowest BCUT2D eigenvalue weighted by molar-refractivity contribution is 0.246. The van der Waals surface area contributed by atoms with Crippen LogP contribution in [-0.4, -0.2) is 41.7 Å². The van der Waals surface area contributed by atoms with E-state index in [0.717, 1.165) is 47.7 Å². The van der Waals surface area contributed by atoms with Crippen molar-refractivity contribution in [2.75, 3.05) is 25.1 Å². The molecule has 1 atom stereocenters. The third-order valence-electron chi connectivity index (χ3n) is 5.12. The molecule has 3 N–H and O–H groups in total. The normalized spacial score (nSPS) is 16.5. The summed E-state index contributed by atoms with van der Waals surface area (Å²) in [5, 5.41) is 3.34. The highest BCUT2D eigenvalue weighted by atomic mass is 35.5. The van der Waals surface area contributed by atoms with Gasteiger partial charge in [0.05, 0.1) is 17.8 Å². The molecular formula is C20H22ClN5O2. The van der Waals surface area contributed by atoms with Gasteiger partial charge in [-0.25, -0.2) is 9.78 Å². The lowest BCUT2D eigenvalue weighted by Crippen LogP contribution is -2.40. The number of hydrogen-bond donors (Lipinski definition) is 2. The van der Waals surface area contributed by atoms with Crippen molar-refractivity contribution >= 4 is 29.0 Å². The van der Waals surface area contributed by atoms with Gasteiger partial charge in [0, 0.05) is 48.8 Å². The van der Waals surface area contributed by atoms with Crippen molar-refractivity contribution in [3.8, 4) is 17.0 Å². The minimum absolute atomic E-state index is 0.0770. The maximum absolute atomic E-state index is 11.1. The molecule has 1 unspecified atom stereocenters. The van der Waals surface area contributed by atoms with Gasteiger partial charge in [0.1, 0.15) is 11.4 Å². The molecule has 1 saturated heterocycles. The zero-order valence-corrected chi connectivity index (χ0v) is 16.5. The second kappa shape index (κ2) is 7.24. The number of fused-ring (bicyclic) bond motifs is 1. The van der Waals surface area contributed by atoms with E-state index in [1.807, 2.05) is 35.9 Å². The molecule has 1 aromatic carbocycles. The van der Waals surface area contributed by atoms with Gasteiger partial charge in [-0.15, -0.1) is 0 Å². The third kappa shape index (κ3) is 3.45. The zero-order valence-electron chi connectivity index (χ0n) is 15.8. The molecule has 3 aromatic rings. The van der Waals surface area contributed by atoms with Crippen molar-refractivity contribution in [1.29, 1.82) is 0 Å². The topological polar surface area (TPSA) is 84.9 Å². The molecule has 2 amide bonds. The van der Waals surface area contributed by atoms with Crippen LogP contribution < -0.4 is 20.7 Å². The number of benzene rings is 1. The van der Waals surface area contributed by atoms with E-state index in [9.17, 15) is 4.79 Å². The Morgan fingerprint density at radius 1 is 1.39 bits per heavy atom. The number of aryl methyl sites for hydroxylation is 1. The van der Waals surface area contributed by atoms with Gasteiger partial charge in [-0.05, 0) is 37.1 Å². The largest absolute Gasteiger partial charge is 0.495 e. The zero-order chi connectivity index (χ0) is 19.8. The molecule has 1 aliphatic rings. The summed E-state index contributed by atoms with van der Waals surface area (Å²) in [5.74, 6) is 0.655. The number of urea groups is 1. The van der Waals surface area contributed by atoms with Crippen LogP contribution in [0.5, 0.6) is 5.75 Å². The van der Waals surface area contributed by atoms with Gasteiger partial charge in [0.15, 0.2) is 0 Å². The van der Waals surface area contributed by atoms with Crippen LogP contribution in [0.25, 0.3) is 16.9 Å².